The van der Waals surface area contributed by atoms with Crippen LogP contribution < -0.4 is 0 Å². The molecule has 0 spiro atoms. The van der Waals surface area contributed by atoms with Crippen LogP contribution in [0.4, 0.5) is 0 Å². The van der Waals surface area contributed by atoms with E-state index in [0.29, 0.717) is 5.92 Å². The lowest BCUT2D eigenvalue weighted by molar-refractivity contribution is -0.133. The monoisotopic (exact) mass is 233 g/mol. The van der Waals surface area contributed by atoms with Crippen LogP contribution in [0, 0.1) is 17.2 Å². The molecule has 2 rings (SSSR count). The van der Waals surface area contributed by atoms with Gasteiger partial charge in [0.15, 0.2) is 0 Å². The second kappa shape index (κ2) is 4.95. The summed E-state index contributed by atoms with van der Waals surface area (Å²) in [5, 5.41) is 16.0. The van der Waals surface area contributed by atoms with Crippen molar-refractivity contribution in [2.75, 3.05) is 13.1 Å². The second-order valence-electron chi connectivity index (χ2n) is 4.48. The van der Waals surface area contributed by atoms with Gasteiger partial charge in [-0.25, -0.2) is 0 Å². The van der Waals surface area contributed by atoms with E-state index in [1.807, 2.05) is 11.0 Å². The largest absolute Gasteiger partial charge is 0.341 e. The normalized spacial score (nSPS) is 20.0. The Kier molecular flexibility index (Phi) is 3.38. The van der Waals surface area contributed by atoms with Crippen LogP contribution in [0.15, 0.2) is 6.33 Å². The summed E-state index contributed by atoms with van der Waals surface area (Å²) in [6.45, 7) is 3.93. The first-order chi connectivity index (χ1) is 8.20. The summed E-state index contributed by atoms with van der Waals surface area (Å²) >= 11 is 0. The van der Waals surface area contributed by atoms with Crippen molar-refractivity contribution in [1.29, 1.82) is 5.26 Å². The second-order valence-corrected chi connectivity index (χ2v) is 4.48. The highest BCUT2D eigenvalue weighted by molar-refractivity contribution is 5.76. The van der Waals surface area contributed by atoms with Crippen LogP contribution in [0.1, 0.15) is 25.6 Å². The summed E-state index contributed by atoms with van der Waals surface area (Å²) in [6, 6.07) is 1.91. The summed E-state index contributed by atoms with van der Waals surface area (Å²) in [6.07, 6.45) is 3.66. The summed E-state index contributed by atoms with van der Waals surface area (Å²) in [7, 11) is 0. The Hall–Kier alpha value is -1.90. The predicted octanol–water partition coefficient (Wildman–Crippen LogP) is 0.408. The van der Waals surface area contributed by atoms with Crippen molar-refractivity contribution in [1.82, 2.24) is 19.7 Å². The van der Waals surface area contributed by atoms with E-state index in [4.69, 9.17) is 5.26 Å². The maximum absolute atomic E-state index is 12.0. The van der Waals surface area contributed by atoms with Gasteiger partial charge in [-0.05, 0) is 18.8 Å². The fourth-order valence-electron chi connectivity index (χ4n) is 2.12. The molecule has 1 saturated heterocycles. The molecule has 1 fully saturated rings. The molecule has 0 aliphatic carbocycles. The lowest BCUT2D eigenvalue weighted by Gasteiger charge is -2.31. The first kappa shape index (κ1) is 11.6. The van der Waals surface area contributed by atoms with Gasteiger partial charge in [0.2, 0.25) is 11.7 Å². The van der Waals surface area contributed by atoms with E-state index in [2.05, 4.69) is 17.1 Å². The number of carbonyl (C=O) groups is 1. The number of carbonyl (C=O) groups excluding carboxylic acids is 1. The van der Waals surface area contributed by atoms with Crippen molar-refractivity contribution >= 4 is 5.91 Å². The van der Waals surface area contributed by atoms with Gasteiger partial charge >= 0.3 is 0 Å². The van der Waals surface area contributed by atoms with Crippen LogP contribution in [0.25, 0.3) is 0 Å². The van der Waals surface area contributed by atoms with Crippen LogP contribution in [-0.2, 0) is 11.3 Å². The quantitative estimate of drug-likeness (QED) is 0.741. The minimum atomic E-state index is 0.0350. The van der Waals surface area contributed by atoms with Crippen LogP contribution >= 0.6 is 0 Å². The molecule has 1 unspecified atom stereocenters. The van der Waals surface area contributed by atoms with E-state index < -0.39 is 0 Å². The smallest absolute Gasteiger partial charge is 0.242 e. The van der Waals surface area contributed by atoms with Crippen molar-refractivity contribution in [3.8, 4) is 6.07 Å². The van der Waals surface area contributed by atoms with Gasteiger partial charge in [-0.15, -0.1) is 10.2 Å². The number of aromatic nitrogens is 3. The summed E-state index contributed by atoms with van der Waals surface area (Å²) in [5.74, 6) is 0.778. The Bertz CT molecular complexity index is 447. The van der Waals surface area contributed by atoms with Gasteiger partial charge in [-0.3, -0.25) is 9.36 Å². The molecule has 1 aromatic heterocycles. The molecule has 1 aromatic rings. The van der Waals surface area contributed by atoms with Crippen molar-refractivity contribution in [2.24, 2.45) is 5.92 Å². The van der Waals surface area contributed by atoms with Gasteiger partial charge in [0, 0.05) is 13.1 Å². The van der Waals surface area contributed by atoms with Gasteiger partial charge in [-0.1, -0.05) is 6.92 Å². The SMILES string of the molecule is CC1CCCN(C(=O)Cn2cnnc2C#N)C1. The summed E-state index contributed by atoms with van der Waals surface area (Å²) in [4.78, 5) is 13.9. The minimum absolute atomic E-state index is 0.0350. The molecule has 0 N–H and O–H groups in total. The van der Waals surface area contributed by atoms with Gasteiger partial charge in [0.25, 0.3) is 0 Å². The van der Waals surface area contributed by atoms with Gasteiger partial charge in [0.1, 0.15) is 18.9 Å². The minimum Gasteiger partial charge on any atom is -0.341 e. The number of hydrogen-bond donors (Lipinski definition) is 0. The first-order valence-corrected chi connectivity index (χ1v) is 5.76. The molecule has 6 heteroatoms. The summed E-state index contributed by atoms with van der Waals surface area (Å²) < 4.78 is 1.49. The summed E-state index contributed by atoms with van der Waals surface area (Å²) in [5.41, 5.74) is 0. The van der Waals surface area contributed by atoms with Crippen LogP contribution in [0.5, 0.6) is 0 Å². The van der Waals surface area contributed by atoms with E-state index in [1.54, 1.807) is 0 Å². The number of hydrogen-bond acceptors (Lipinski definition) is 4. The average Bonchev–Trinajstić information content (AvgIpc) is 2.76. The molecule has 1 amide bonds. The number of amides is 1. The van der Waals surface area contributed by atoms with Crippen LogP contribution in [-0.4, -0.2) is 38.7 Å². The highest BCUT2D eigenvalue weighted by atomic mass is 16.2. The molecule has 1 aliphatic rings. The van der Waals surface area contributed by atoms with Crippen molar-refractivity contribution in [3.05, 3.63) is 12.2 Å². The predicted molar refractivity (Wildman–Crippen MR) is 59.7 cm³/mol. The molecule has 2 heterocycles. The molecule has 17 heavy (non-hydrogen) atoms. The third kappa shape index (κ3) is 2.61. The van der Waals surface area contributed by atoms with Crippen molar-refractivity contribution in [3.63, 3.8) is 0 Å². The highest BCUT2D eigenvalue weighted by Gasteiger charge is 2.21. The Morgan fingerprint density at radius 2 is 2.53 bits per heavy atom. The Morgan fingerprint density at radius 3 is 3.24 bits per heavy atom. The van der Waals surface area contributed by atoms with Gasteiger partial charge in [-0.2, -0.15) is 5.26 Å². The van der Waals surface area contributed by atoms with Gasteiger partial charge in [0.05, 0.1) is 0 Å². The number of nitrogens with zero attached hydrogens (tertiary/aromatic N) is 5. The number of piperidine rings is 1. The molecule has 0 saturated carbocycles. The lowest BCUT2D eigenvalue weighted by atomic mass is 10.0. The van der Waals surface area contributed by atoms with E-state index >= 15 is 0 Å². The highest BCUT2D eigenvalue weighted by Crippen LogP contribution is 2.15. The molecule has 1 aliphatic heterocycles. The first-order valence-electron chi connectivity index (χ1n) is 5.76. The van der Waals surface area contributed by atoms with Crippen LogP contribution in [0.3, 0.4) is 0 Å². The van der Waals surface area contributed by atoms with Crippen molar-refractivity contribution < 1.29 is 4.79 Å². The number of rotatable bonds is 2. The maximum atomic E-state index is 12.0. The fourth-order valence-corrected chi connectivity index (χ4v) is 2.12. The lowest BCUT2D eigenvalue weighted by Crippen LogP contribution is -2.40. The fraction of sp³-hybridized carbons (Fsp3) is 0.636. The van der Waals surface area contributed by atoms with E-state index in [1.165, 1.54) is 17.3 Å². The topological polar surface area (TPSA) is 74.8 Å². The van der Waals surface area contributed by atoms with E-state index in [-0.39, 0.29) is 18.3 Å². The van der Waals surface area contributed by atoms with Crippen molar-refractivity contribution in [2.45, 2.75) is 26.3 Å². The van der Waals surface area contributed by atoms with Crippen LogP contribution in [0.2, 0.25) is 0 Å². The molecule has 0 aromatic carbocycles. The van der Waals surface area contributed by atoms with Gasteiger partial charge < -0.3 is 4.90 Å². The molecular formula is C11H15N5O. The number of likely N-dealkylation sites (tertiary alicyclic amines) is 1. The molecular weight excluding hydrogens is 218 g/mol. The zero-order valence-corrected chi connectivity index (χ0v) is 9.83. The third-order valence-electron chi connectivity index (χ3n) is 3.03. The van der Waals surface area contributed by atoms with E-state index in [9.17, 15) is 4.79 Å². The number of nitriles is 1. The Balaban J connectivity index is 1.99. The molecule has 90 valence electrons. The third-order valence-corrected chi connectivity index (χ3v) is 3.03. The molecule has 1 atom stereocenters. The zero-order chi connectivity index (χ0) is 12.3. The maximum Gasteiger partial charge on any atom is 0.242 e. The Labute approximate surface area is 99.9 Å². The van der Waals surface area contributed by atoms with E-state index in [0.717, 1.165) is 19.5 Å². The molecule has 0 bridgehead atoms. The average molecular weight is 233 g/mol. The molecule has 0 radical (unpaired) electrons. The standard InChI is InChI=1S/C11H15N5O/c1-9-3-2-4-15(6-9)11(17)7-16-8-13-14-10(16)5-12/h8-9H,2-4,6-7H2,1H3. The Morgan fingerprint density at radius 1 is 1.71 bits per heavy atom. The molecule has 6 nitrogen and oxygen atoms in total. The zero-order valence-electron chi connectivity index (χ0n) is 9.83.